The normalized spacial score (nSPS) is 22.8. The van der Waals surface area contributed by atoms with Crippen molar-refractivity contribution < 1.29 is 14.5 Å². The summed E-state index contributed by atoms with van der Waals surface area (Å²) in [5.74, 6) is -0.128. The Hall–Kier alpha value is -2.48. The molecule has 2 aliphatic rings. The van der Waals surface area contributed by atoms with Crippen LogP contribution in [0.1, 0.15) is 36.0 Å². The van der Waals surface area contributed by atoms with E-state index >= 15 is 0 Å². The number of carbonyl (C=O) groups is 2. The second-order valence-corrected chi connectivity index (χ2v) is 6.93. The van der Waals surface area contributed by atoms with Crippen LogP contribution in [0.5, 0.6) is 0 Å². The molecule has 0 aromatic heterocycles. The van der Waals surface area contributed by atoms with E-state index in [4.69, 9.17) is 0 Å². The molecule has 2 fully saturated rings. The van der Waals surface area contributed by atoms with Crippen molar-refractivity contribution in [1.29, 1.82) is 0 Å². The van der Waals surface area contributed by atoms with Gasteiger partial charge >= 0.3 is 0 Å². The van der Waals surface area contributed by atoms with E-state index in [2.05, 4.69) is 10.6 Å². The molecule has 2 N–H and O–H groups in total. The molecule has 26 heavy (non-hydrogen) atoms. The number of rotatable bonds is 5. The average Bonchev–Trinajstić information content (AvgIpc) is 3.20. The van der Waals surface area contributed by atoms with Crippen LogP contribution < -0.4 is 10.6 Å². The van der Waals surface area contributed by atoms with Crippen molar-refractivity contribution in [3.8, 4) is 0 Å². The molecule has 0 spiro atoms. The lowest BCUT2D eigenvalue weighted by molar-refractivity contribution is -0.385. The van der Waals surface area contributed by atoms with Gasteiger partial charge in [0.15, 0.2) is 0 Å². The van der Waals surface area contributed by atoms with Crippen molar-refractivity contribution in [3.63, 3.8) is 0 Å². The summed E-state index contributed by atoms with van der Waals surface area (Å²) in [7, 11) is 0. The summed E-state index contributed by atoms with van der Waals surface area (Å²) in [5, 5.41) is 17.3. The molecule has 1 aromatic carbocycles. The summed E-state index contributed by atoms with van der Waals surface area (Å²) in [4.78, 5) is 37.2. The Bertz CT molecular complexity index is 688. The fourth-order valence-corrected chi connectivity index (χ4v) is 3.68. The number of carbonyl (C=O) groups excluding carboxylic acids is 2. The first-order valence-corrected chi connectivity index (χ1v) is 9.10. The Morgan fingerprint density at radius 2 is 2.08 bits per heavy atom. The molecule has 2 saturated heterocycles. The molecule has 8 heteroatoms. The number of nitrogens with zero attached hydrogens (tertiary/aromatic N) is 2. The third-order valence-electron chi connectivity index (χ3n) is 5.08. The Morgan fingerprint density at radius 1 is 1.27 bits per heavy atom. The molecule has 140 valence electrons. The van der Waals surface area contributed by atoms with Crippen molar-refractivity contribution in [1.82, 2.24) is 15.5 Å². The van der Waals surface area contributed by atoms with E-state index in [9.17, 15) is 19.7 Å². The van der Waals surface area contributed by atoms with Gasteiger partial charge in [0.1, 0.15) is 5.56 Å². The van der Waals surface area contributed by atoms with Crippen molar-refractivity contribution in [2.75, 3.05) is 26.2 Å². The van der Waals surface area contributed by atoms with Gasteiger partial charge in [0.05, 0.1) is 11.0 Å². The van der Waals surface area contributed by atoms with Crippen LogP contribution in [0.3, 0.4) is 0 Å². The largest absolute Gasteiger partial charge is 0.354 e. The minimum atomic E-state index is -0.524. The summed E-state index contributed by atoms with van der Waals surface area (Å²) < 4.78 is 0. The predicted octanol–water partition coefficient (Wildman–Crippen LogP) is 1.32. The third-order valence-corrected chi connectivity index (χ3v) is 5.08. The van der Waals surface area contributed by atoms with Crippen LogP contribution in [0.4, 0.5) is 5.69 Å². The molecule has 2 heterocycles. The zero-order valence-electron chi connectivity index (χ0n) is 14.6. The SMILES string of the molecule is O=C(NCC1CCCN(C(=O)c2ccccc2[N+](=O)[O-])C1)C1CCCN1. The van der Waals surface area contributed by atoms with Gasteiger partial charge in [-0.1, -0.05) is 12.1 Å². The first-order chi connectivity index (χ1) is 12.6. The number of nitrogens with one attached hydrogen (secondary N) is 2. The van der Waals surface area contributed by atoms with Crippen molar-refractivity contribution >= 4 is 17.5 Å². The number of para-hydroxylation sites is 1. The highest BCUT2D eigenvalue weighted by molar-refractivity contribution is 5.98. The van der Waals surface area contributed by atoms with Gasteiger partial charge in [-0.05, 0) is 44.2 Å². The number of hydrogen-bond acceptors (Lipinski definition) is 5. The molecule has 0 aliphatic carbocycles. The standard InChI is InChI=1S/C18H24N4O4/c23-17(15-7-3-9-19-15)20-11-13-5-4-10-21(12-13)18(24)14-6-1-2-8-16(14)22(25)26/h1-2,6,8,13,15,19H,3-5,7,9-12H2,(H,20,23). The van der Waals surface area contributed by atoms with E-state index in [1.54, 1.807) is 17.0 Å². The zero-order valence-corrected chi connectivity index (χ0v) is 14.6. The van der Waals surface area contributed by atoms with Crippen LogP contribution in [0.2, 0.25) is 0 Å². The second kappa shape index (κ2) is 8.27. The quantitative estimate of drug-likeness (QED) is 0.609. The molecule has 2 amide bonds. The van der Waals surface area contributed by atoms with Gasteiger partial charge in [-0.2, -0.15) is 0 Å². The first kappa shape index (κ1) is 18.3. The molecule has 8 nitrogen and oxygen atoms in total. The van der Waals surface area contributed by atoms with E-state index < -0.39 is 4.92 Å². The number of piperidine rings is 1. The Balaban J connectivity index is 1.58. The third kappa shape index (κ3) is 4.19. The van der Waals surface area contributed by atoms with E-state index in [1.165, 1.54) is 12.1 Å². The molecule has 2 atom stereocenters. The van der Waals surface area contributed by atoms with Crippen LogP contribution in [-0.2, 0) is 4.79 Å². The molecule has 0 radical (unpaired) electrons. The number of benzene rings is 1. The molecule has 3 rings (SSSR count). The van der Waals surface area contributed by atoms with Gasteiger partial charge in [0.2, 0.25) is 5.91 Å². The van der Waals surface area contributed by atoms with Crippen LogP contribution >= 0.6 is 0 Å². The molecular weight excluding hydrogens is 336 g/mol. The van der Waals surface area contributed by atoms with Crippen LogP contribution in [0.15, 0.2) is 24.3 Å². The molecule has 0 bridgehead atoms. The topological polar surface area (TPSA) is 105 Å². The van der Waals surface area contributed by atoms with E-state index in [-0.39, 0.29) is 35.0 Å². The molecule has 1 aromatic rings. The molecule has 2 unspecified atom stereocenters. The highest BCUT2D eigenvalue weighted by Gasteiger charge is 2.29. The molecule has 2 aliphatic heterocycles. The highest BCUT2D eigenvalue weighted by atomic mass is 16.6. The van der Waals surface area contributed by atoms with Crippen molar-refractivity contribution in [3.05, 3.63) is 39.9 Å². The van der Waals surface area contributed by atoms with Gasteiger partial charge < -0.3 is 15.5 Å². The number of nitro groups is 1. The summed E-state index contributed by atoms with van der Waals surface area (Å²) in [5.41, 5.74) is -0.0439. The monoisotopic (exact) mass is 360 g/mol. The lowest BCUT2D eigenvalue weighted by atomic mass is 9.97. The maximum absolute atomic E-state index is 12.7. The number of amides is 2. The van der Waals surface area contributed by atoms with Gasteiger partial charge in [0, 0.05) is 25.7 Å². The number of likely N-dealkylation sites (tertiary alicyclic amines) is 1. The van der Waals surface area contributed by atoms with Gasteiger partial charge in [-0.25, -0.2) is 0 Å². The van der Waals surface area contributed by atoms with Gasteiger partial charge in [-0.3, -0.25) is 19.7 Å². The minimum absolute atomic E-state index is 0.0182. The fraction of sp³-hybridized carbons (Fsp3) is 0.556. The van der Waals surface area contributed by atoms with Gasteiger partial charge in [-0.15, -0.1) is 0 Å². The zero-order chi connectivity index (χ0) is 18.5. The average molecular weight is 360 g/mol. The molecule has 0 saturated carbocycles. The van der Waals surface area contributed by atoms with Crippen LogP contribution in [0, 0.1) is 16.0 Å². The first-order valence-electron chi connectivity index (χ1n) is 9.10. The lowest BCUT2D eigenvalue weighted by Gasteiger charge is -2.33. The van der Waals surface area contributed by atoms with Gasteiger partial charge in [0.25, 0.3) is 11.6 Å². The highest BCUT2D eigenvalue weighted by Crippen LogP contribution is 2.23. The fourth-order valence-electron chi connectivity index (χ4n) is 3.68. The second-order valence-electron chi connectivity index (χ2n) is 6.93. The Labute approximate surface area is 152 Å². The summed E-state index contributed by atoms with van der Waals surface area (Å²) >= 11 is 0. The molecular formula is C18H24N4O4. The van der Waals surface area contributed by atoms with Crippen molar-refractivity contribution in [2.24, 2.45) is 5.92 Å². The predicted molar refractivity (Wildman–Crippen MR) is 95.8 cm³/mol. The maximum Gasteiger partial charge on any atom is 0.282 e. The Morgan fingerprint density at radius 3 is 2.81 bits per heavy atom. The van der Waals surface area contributed by atoms with Crippen LogP contribution in [0.25, 0.3) is 0 Å². The summed E-state index contributed by atoms with van der Waals surface area (Å²) in [6, 6.07) is 5.93. The van der Waals surface area contributed by atoms with Crippen molar-refractivity contribution in [2.45, 2.75) is 31.7 Å². The van der Waals surface area contributed by atoms with Crippen LogP contribution in [-0.4, -0.2) is 53.9 Å². The van der Waals surface area contributed by atoms with E-state index in [0.29, 0.717) is 19.6 Å². The minimum Gasteiger partial charge on any atom is -0.354 e. The van der Waals surface area contributed by atoms with E-state index in [0.717, 1.165) is 32.2 Å². The van der Waals surface area contributed by atoms with E-state index in [1.807, 2.05) is 0 Å². The number of nitro benzene ring substituents is 1. The number of hydrogen-bond donors (Lipinski definition) is 2. The maximum atomic E-state index is 12.7. The summed E-state index contributed by atoms with van der Waals surface area (Å²) in [6.45, 7) is 2.49. The summed E-state index contributed by atoms with van der Waals surface area (Å²) in [6.07, 6.45) is 3.63. The smallest absolute Gasteiger partial charge is 0.282 e. The Kier molecular flexibility index (Phi) is 5.82. The lowest BCUT2D eigenvalue weighted by Crippen LogP contribution is -2.46.